The minimum Gasteiger partial charge on any atom is -0.389 e. The Kier molecular flexibility index (Phi) is 5.32. The molecule has 17 heavy (non-hydrogen) atoms. The van der Waals surface area contributed by atoms with Crippen LogP contribution in [0.4, 0.5) is 4.39 Å². The maximum atomic E-state index is 13.5. The van der Waals surface area contributed by atoms with Crippen LogP contribution in [-0.2, 0) is 4.79 Å². The summed E-state index contributed by atoms with van der Waals surface area (Å²) in [5, 5.41) is 18.7. The highest BCUT2D eigenvalue weighted by molar-refractivity contribution is 8.13. The van der Waals surface area contributed by atoms with E-state index < -0.39 is 18.0 Å². The van der Waals surface area contributed by atoms with Gasteiger partial charge in [-0.1, -0.05) is 23.4 Å². The molecule has 0 saturated carbocycles. The van der Waals surface area contributed by atoms with Gasteiger partial charge in [-0.3, -0.25) is 4.79 Å². The molecule has 0 aliphatic rings. The first-order valence-corrected chi connectivity index (χ1v) is 6.09. The van der Waals surface area contributed by atoms with Gasteiger partial charge in [-0.05, 0) is 6.07 Å². The van der Waals surface area contributed by atoms with Crippen molar-refractivity contribution in [2.75, 3.05) is 5.75 Å². The molecule has 0 bridgehead atoms. The van der Waals surface area contributed by atoms with Crippen LogP contribution in [0.15, 0.2) is 12.3 Å². The van der Waals surface area contributed by atoms with E-state index in [0.717, 1.165) is 11.8 Å². The van der Waals surface area contributed by atoms with Crippen LogP contribution in [0.25, 0.3) is 0 Å². The maximum Gasteiger partial charge on any atom is 0.185 e. The number of aromatic nitrogens is 1. The summed E-state index contributed by atoms with van der Waals surface area (Å²) in [4.78, 5) is 14.2. The van der Waals surface area contributed by atoms with Gasteiger partial charge >= 0.3 is 0 Å². The third kappa shape index (κ3) is 3.92. The van der Waals surface area contributed by atoms with Crippen molar-refractivity contribution < 1.29 is 19.4 Å². The molecule has 1 aromatic rings. The van der Waals surface area contributed by atoms with Crippen molar-refractivity contribution in [3.8, 4) is 0 Å². The van der Waals surface area contributed by atoms with E-state index in [9.17, 15) is 19.4 Å². The highest BCUT2D eigenvalue weighted by atomic mass is 35.5. The van der Waals surface area contributed by atoms with Crippen molar-refractivity contribution in [1.29, 1.82) is 0 Å². The van der Waals surface area contributed by atoms with Crippen molar-refractivity contribution in [2.45, 2.75) is 19.1 Å². The van der Waals surface area contributed by atoms with Gasteiger partial charge in [-0.2, -0.15) is 0 Å². The molecule has 0 aliphatic carbocycles. The molecule has 1 rings (SSSR count). The van der Waals surface area contributed by atoms with Gasteiger partial charge in [0.05, 0.1) is 6.10 Å². The Labute approximate surface area is 107 Å². The number of hydrogen-bond acceptors (Lipinski definition) is 5. The Balaban J connectivity index is 2.77. The summed E-state index contributed by atoms with van der Waals surface area (Å²) in [6, 6.07) is 1.23. The average molecular weight is 280 g/mol. The molecule has 0 saturated heterocycles. The molecule has 4 nitrogen and oxygen atoms in total. The Morgan fingerprint density at radius 2 is 2.29 bits per heavy atom. The van der Waals surface area contributed by atoms with Crippen LogP contribution in [0, 0.1) is 5.82 Å². The van der Waals surface area contributed by atoms with Gasteiger partial charge in [-0.25, -0.2) is 9.37 Å². The topological polar surface area (TPSA) is 70.4 Å². The number of rotatable bonds is 4. The maximum absolute atomic E-state index is 13.5. The lowest BCUT2D eigenvalue weighted by Crippen LogP contribution is -2.22. The Bertz CT molecular complexity index is 419. The highest BCUT2D eigenvalue weighted by Crippen LogP contribution is 2.25. The monoisotopic (exact) mass is 279 g/mol. The predicted octanol–water partition coefficient (Wildman–Crippen LogP) is 1.55. The number of aliphatic hydroxyl groups is 2. The van der Waals surface area contributed by atoms with Crippen molar-refractivity contribution in [1.82, 2.24) is 4.98 Å². The van der Waals surface area contributed by atoms with Gasteiger partial charge in [0, 0.05) is 24.4 Å². The Hall–Kier alpha value is -0.690. The quantitative estimate of drug-likeness (QED) is 0.819. The number of pyridine rings is 1. The summed E-state index contributed by atoms with van der Waals surface area (Å²) < 4.78 is 13.5. The lowest BCUT2D eigenvalue weighted by Gasteiger charge is -2.17. The minimum atomic E-state index is -1.44. The fourth-order valence-corrected chi connectivity index (χ4v) is 1.91. The second-order valence-corrected chi connectivity index (χ2v) is 4.87. The summed E-state index contributed by atoms with van der Waals surface area (Å²) >= 11 is 6.30. The molecular formula is C10H11ClFNO3S. The first-order chi connectivity index (χ1) is 7.93. The van der Waals surface area contributed by atoms with Crippen LogP contribution in [0.3, 0.4) is 0 Å². The third-order valence-electron chi connectivity index (χ3n) is 2.02. The van der Waals surface area contributed by atoms with Gasteiger partial charge in [0.15, 0.2) is 16.1 Å². The SMILES string of the molecule is CC(=O)SCC(O)C(O)c1ccnc(Cl)c1F. The van der Waals surface area contributed by atoms with Gasteiger partial charge in [0.2, 0.25) is 0 Å². The molecular weight excluding hydrogens is 269 g/mol. The van der Waals surface area contributed by atoms with Crippen LogP contribution in [0.5, 0.6) is 0 Å². The van der Waals surface area contributed by atoms with Gasteiger partial charge in [-0.15, -0.1) is 0 Å². The summed E-state index contributed by atoms with van der Waals surface area (Å²) in [5.41, 5.74) is -0.137. The number of hydrogen-bond donors (Lipinski definition) is 2. The number of halogens is 2. The molecule has 0 aliphatic heterocycles. The lowest BCUT2D eigenvalue weighted by molar-refractivity contribution is -0.109. The van der Waals surface area contributed by atoms with Crippen LogP contribution >= 0.6 is 23.4 Å². The molecule has 1 aromatic heterocycles. The van der Waals surface area contributed by atoms with E-state index >= 15 is 0 Å². The zero-order chi connectivity index (χ0) is 13.0. The molecule has 2 N–H and O–H groups in total. The molecule has 7 heteroatoms. The van der Waals surface area contributed by atoms with Crippen LogP contribution in [-0.4, -0.2) is 32.2 Å². The largest absolute Gasteiger partial charge is 0.389 e. The molecule has 1 heterocycles. The number of carbonyl (C=O) groups is 1. The van der Waals surface area contributed by atoms with E-state index in [4.69, 9.17) is 11.6 Å². The molecule has 0 aromatic carbocycles. The molecule has 0 spiro atoms. The van der Waals surface area contributed by atoms with Crippen molar-refractivity contribution >= 4 is 28.5 Å². The second kappa shape index (κ2) is 6.30. The lowest BCUT2D eigenvalue weighted by atomic mass is 10.1. The first kappa shape index (κ1) is 14.4. The normalized spacial score (nSPS) is 14.4. The summed E-state index contributed by atoms with van der Waals surface area (Å²) in [6.07, 6.45) is -1.46. The molecule has 94 valence electrons. The standard InChI is InChI=1S/C10H11ClFNO3S/c1-5(14)17-4-7(15)9(16)6-2-3-13-10(11)8(6)12/h2-3,7,9,15-16H,4H2,1H3. The Morgan fingerprint density at radius 3 is 2.88 bits per heavy atom. The number of aliphatic hydroxyl groups excluding tert-OH is 2. The van der Waals surface area contributed by atoms with E-state index in [-0.39, 0.29) is 21.6 Å². The molecule has 2 unspecified atom stereocenters. The fraction of sp³-hybridized carbons (Fsp3) is 0.400. The van der Waals surface area contributed by atoms with Crippen LogP contribution in [0.2, 0.25) is 5.15 Å². The van der Waals surface area contributed by atoms with E-state index in [0.29, 0.717) is 0 Å². The van der Waals surface area contributed by atoms with Crippen LogP contribution < -0.4 is 0 Å². The zero-order valence-corrected chi connectivity index (χ0v) is 10.5. The first-order valence-electron chi connectivity index (χ1n) is 4.73. The number of nitrogens with zero attached hydrogens (tertiary/aromatic N) is 1. The molecule has 0 radical (unpaired) electrons. The molecule has 2 atom stereocenters. The van der Waals surface area contributed by atoms with Crippen molar-refractivity contribution in [3.05, 3.63) is 28.8 Å². The van der Waals surface area contributed by atoms with E-state index in [1.165, 1.54) is 19.2 Å². The predicted molar refractivity (Wildman–Crippen MR) is 63.3 cm³/mol. The average Bonchev–Trinajstić information content (AvgIpc) is 2.28. The summed E-state index contributed by atoms with van der Waals surface area (Å²) in [6.45, 7) is 1.34. The van der Waals surface area contributed by atoms with Gasteiger partial charge in [0.1, 0.15) is 6.10 Å². The van der Waals surface area contributed by atoms with Gasteiger partial charge in [0.25, 0.3) is 0 Å². The molecule has 0 fully saturated rings. The summed E-state index contributed by atoms with van der Waals surface area (Å²) in [5.74, 6) is -0.885. The fourth-order valence-electron chi connectivity index (χ4n) is 1.16. The zero-order valence-electron chi connectivity index (χ0n) is 8.93. The van der Waals surface area contributed by atoms with Crippen LogP contribution in [0.1, 0.15) is 18.6 Å². The summed E-state index contributed by atoms with van der Waals surface area (Å²) in [7, 11) is 0. The van der Waals surface area contributed by atoms with E-state index in [2.05, 4.69) is 4.98 Å². The number of carbonyl (C=O) groups excluding carboxylic acids is 1. The van der Waals surface area contributed by atoms with Crippen molar-refractivity contribution in [2.24, 2.45) is 0 Å². The van der Waals surface area contributed by atoms with E-state index in [1.54, 1.807) is 0 Å². The Morgan fingerprint density at radius 1 is 1.65 bits per heavy atom. The van der Waals surface area contributed by atoms with Gasteiger partial charge < -0.3 is 10.2 Å². The van der Waals surface area contributed by atoms with Crippen molar-refractivity contribution in [3.63, 3.8) is 0 Å². The molecule has 0 amide bonds. The highest BCUT2D eigenvalue weighted by Gasteiger charge is 2.23. The minimum absolute atomic E-state index is 0.0180. The third-order valence-corrected chi connectivity index (χ3v) is 3.20. The smallest absolute Gasteiger partial charge is 0.185 e. The van der Waals surface area contributed by atoms with E-state index in [1.807, 2.05) is 0 Å². The number of thioether (sulfide) groups is 1. The second-order valence-electron chi connectivity index (χ2n) is 3.32.